The Labute approximate surface area is 113 Å². The van der Waals surface area contributed by atoms with Crippen LogP contribution in [-0.4, -0.2) is 18.5 Å². The lowest BCUT2D eigenvalue weighted by molar-refractivity contribution is 0.285. The number of aryl methyl sites for hydroxylation is 1. The zero-order valence-electron chi connectivity index (χ0n) is 9.58. The van der Waals surface area contributed by atoms with Gasteiger partial charge in [0.1, 0.15) is 9.22 Å². The summed E-state index contributed by atoms with van der Waals surface area (Å²) < 4.78 is 26.7. The summed E-state index contributed by atoms with van der Waals surface area (Å²) in [5, 5.41) is 11.6. The van der Waals surface area contributed by atoms with Gasteiger partial charge in [0.05, 0.1) is 13.2 Å². The molecule has 2 N–H and O–H groups in total. The van der Waals surface area contributed by atoms with Gasteiger partial charge in [0, 0.05) is 16.5 Å². The standard InChI is InChI=1S/C10H12N2O3S3/c1-7-4-10(17-8(7)6-13)18(14,15)12-5-9-11-2-3-16-9/h2-4,12-13H,5-6H2,1H3. The summed E-state index contributed by atoms with van der Waals surface area (Å²) in [4.78, 5) is 4.68. The van der Waals surface area contributed by atoms with E-state index in [0.29, 0.717) is 9.88 Å². The van der Waals surface area contributed by atoms with E-state index in [1.807, 2.05) is 0 Å². The highest BCUT2D eigenvalue weighted by Gasteiger charge is 2.18. The molecular formula is C10H12N2O3S3. The Hall–Kier alpha value is -0.800. The van der Waals surface area contributed by atoms with E-state index >= 15 is 0 Å². The number of aliphatic hydroxyl groups excluding tert-OH is 1. The number of sulfonamides is 1. The molecule has 0 amide bonds. The number of aliphatic hydroxyl groups is 1. The lowest BCUT2D eigenvalue weighted by atomic mass is 10.3. The maximum absolute atomic E-state index is 12.0. The van der Waals surface area contributed by atoms with E-state index in [1.165, 1.54) is 11.3 Å². The zero-order chi connectivity index (χ0) is 13.2. The Morgan fingerprint density at radius 2 is 2.28 bits per heavy atom. The van der Waals surface area contributed by atoms with Gasteiger partial charge in [-0.05, 0) is 18.6 Å². The molecular weight excluding hydrogens is 292 g/mol. The largest absolute Gasteiger partial charge is 0.391 e. The molecule has 0 atom stereocenters. The molecule has 2 aromatic heterocycles. The van der Waals surface area contributed by atoms with Crippen molar-refractivity contribution in [1.82, 2.24) is 9.71 Å². The second-order valence-electron chi connectivity index (χ2n) is 3.58. The average molecular weight is 304 g/mol. The predicted molar refractivity (Wildman–Crippen MR) is 71.1 cm³/mol. The third-order valence-corrected chi connectivity index (χ3v) is 6.18. The number of thiophene rings is 1. The molecule has 0 fully saturated rings. The van der Waals surface area contributed by atoms with Gasteiger partial charge in [-0.1, -0.05) is 0 Å². The molecule has 8 heteroatoms. The third kappa shape index (κ3) is 2.96. The fourth-order valence-electron chi connectivity index (χ4n) is 1.35. The van der Waals surface area contributed by atoms with Crippen molar-refractivity contribution in [3.63, 3.8) is 0 Å². The molecule has 2 rings (SSSR count). The van der Waals surface area contributed by atoms with E-state index in [0.717, 1.165) is 16.9 Å². The fraction of sp³-hybridized carbons (Fsp3) is 0.300. The third-order valence-electron chi connectivity index (χ3n) is 2.30. The Morgan fingerprint density at radius 3 is 2.83 bits per heavy atom. The maximum atomic E-state index is 12.0. The topological polar surface area (TPSA) is 79.3 Å². The lowest BCUT2D eigenvalue weighted by Crippen LogP contribution is -2.22. The van der Waals surface area contributed by atoms with E-state index in [2.05, 4.69) is 9.71 Å². The summed E-state index contributed by atoms with van der Waals surface area (Å²) in [7, 11) is -3.52. The second-order valence-corrected chi connectivity index (χ2v) is 7.69. The minimum atomic E-state index is -3.52. The molecule has 2 heterocycles. The predicted octanol–water partition coefficient (Wildman–Crippen LogP) is 1.48. The van der Waals surface area contributed by atoms with Gasteiger partial charge >= 0.3 is 0 Å². The van der Waals surface area contributed by atoms with Gasteiger partial charge in [-0.2, -0.15) is 0 Å². The molecule has 0 aromatic carbocycles. The van der Waals surface area contributed by atoms with E-state index in [9.17, 15) is 8.42 Å². The van der Waals surface area contributed by atoms with Crippen LogP contribution in [0.25, 0.3) is 0 Å². The van der Waals surface area contributed by atoms with Crippen molar-refractivity contribution in [2.75, 3.05) is 0 Å². The number of rotatable bonds is 5. The summed E-state index contributed by atoms with van der Waals surface area (Å²) in [6.45, 7) is 1.83. The molecule has 0 aliphatic rings. The first-order valence-electron chi connectivity index (χ1n) is 5.11. The molecule has 0 aliphatic carbocycles. The molecule has 0 spiro atoms. The van der Waals surface area contributed by atoms with Gasteiger partial charge in [0.25, 0.3) is 0 Å². The Kier molecular flexibility index (Phi) is 4.13. The second kappa shape index (κ2) is 5.45. The van der Waals surface area contributed by atoms with Crippen molar-refractivity contribution < 1.29 is 13.5 Å². The van der Waals surface area contributed by atoms with Crippen LogP contribution in [0.3, 0.4) is 0 Å². The van der Waals surface area contributed by atoms with Gasteiger partial charge in [-0.3, -0.25) is 0 Å². The molecule has 0 aliphatic heterocycles. The highest BCUT2D eigenvalue weighted by Crippen LogP contribution is 2.25. The van der Waals surface area contributed by atoms with Crippen LogP contribution in [0.15, 0.2) is 21.9 Å². The number of hydrogen-bond donors (Lipinski definition) is 2. The van der Waals surface area contributed by atoms with Crippen molar-refractivity contribution in [2.24, 2.45) is 0 Å². The SMILES string of the molecule is Cc1cc(S(=O)(=O)NCc2nccs2)sc1CO. The molecule has 98 valence electrons. The van der Waals surface area contributed by atoms with Crippen LogP contribution in [0.5, 0.6) is 0 Å². The van der Waals surface area contributed by atoms with Crippen molar-refractivity contribution >= 4 is 32.7 Å². The molecule has 0 saturated heterocycles. The highest BCUT2D eigenvalue weighted by atomic mass is 32.2. The van der Waals surface area contributed by atoms with Crippen LogP contribution in [-0.2, 0) is 23.2 Å². The number of thiazole rings is 1. The summed E-state index contributed by atoms with van der Waals surface area (Å²) in [6.07, 6.45) is 1.63. The van der Waals surface area contributed by atoms with Crippen molar-refractivity contribution in [1.29, 1.82) is 0 Å². The number of hydrogen-bond acceptors (Lipinski definition) is 6. The summed E-state index contributed by atoms with van der Waals surface area (Å²) in [5.74, 6) is 0. The normalized spacial score (nSPS) is 11.9. The van der Waals surface area contributed by atoms with Gasteiger partial charge < -0.3 is 5.11 Å². The summed E-state index contributed by atoms with van der Waals surface area (Å²) in [6, 6.07) is 1.57. The summed E-state index contributed by atoms with van der Waals surface area (Å²) >= 11 is 2.48. The van der Waals surface area contributed by atoms with Crippen molar-refractivity contribution in [3.8, 4) is 0 Å². The molecule has 0 radical (unpaired) electrons. The highest BCUT2D eigenvalue weighted by molar-refractivity contribution is 7.91. The van der Waals surface area contributed by atoms with Gasteiger partial charge in [0.2, 0.25) is 10.0 Å². The first kappa shape index (κ1) is 13.6. The van der Waals surface area contributed by atoms with E-state index in [1.54, 1.807) is 24.6 Å². The van der Waals surface area contributed by atoms with Crippen LogP contribution >= 0.6 is 22.7 Å². The zero-order valence-corrected chi connectivity index (χ0v) is 12.0. The van der Waals surface area contributed by atoms with Gasteiger partial charge in [0.15, 0.2) is 0 Å². The number of nitrogens with one attached hydrogen (secondary N) is 1. The number of nitrogens with zero attached hydrogens (tertiary/aromatic N) is 1. The van der Waals surface area contributed by atoms with Crippen molar-refractivity contribution in [3.05, 3.63) is 33.1 Å². The number of aromatic nitrogens is 1. The minimum Gasteiger partial charge on any atom is -0.391 e. The first-order chi connectivity index (χ1) is 8.53. The Balaban J connectivity index is 2.14. The minimum absolute atomic E-state index is 0.140. The molecule has 0 saturated carbocycles. The van der Waals surface area contributed by atoms with Gasteiger partial charge in [-0.25, -0.2) is 18.1 Å². The van der Waals surface area contributed by atoms with Crippen LogP contribution < -0.4 is 4.72 Å². The Bertz CT molecular complexity index is 617. The molecule has 2 aromatic rings. The van der Waals surface area contributed by atoms with Crippen LogP contribution in [0, 0.1) is 6.92 Å². The molecule has 0 bridgehead atoms. The molecule has 5 nitrogen and oxygen atoms in total. The lowest BCUT2D eigenvalue weighted by Gasteiger charge is -2.01. The van der Waals surface area contributed by atoms with Crippen molar-refractivity contribution in [2.45, 2.75) is 24.3 Å². The van der Waals surface area contributed by atoms with Crippen LogP contribution in [0.2, 0.25) is 0 Å². The van der Waals surface area contributed by atoms with Gasteiger partial charge in [-0.15, -0.1) is 22.7 Å². The average Bonchev–Trinajstić information content (AvgIpc) is 2.95. The molecule has 0 unspecified atom stereocenters. The van der Waals surface area contributed by atoms with Crippen LogP contribution in [0.1, 0.15) is 15.4 Å². The van der Waals surface area contributed by atoms with E-state index in [-0.39, 0.29) is 17.4 Å². The fourth-order valence-corrected chi connectivity index (χ4v) is 4.47. The Morgan fingerprint density at radius 1 is 1.50 bits per heavy atom. The van der Waals surface area contributed by atoms with E-state index in [4.69, 9.17) is 5.11 Å². The monoisotopic (exact) mass is 304 g/mol. The first-order valence-corrected chi connectivity index (χ1v) is 8.29. The molecule has 18 heavy (non-hydrogen) atoms. The smallest absolute Gasteiger partial charge is 0.250 e. The summed E-state index contributed by atoms with van der Waals surface area (Å²) in [5.41, 5.74) is 0.789. The van der Waals surface area contributed by atoms with E-state index < -0.39 is 10.0 Å². The quantitative estimate of drug-likeness (QED) is 0.877. The maximum Gasteiger partial charge on any atom is 0.250 e. The van der Waals surface area contributed by atoms with Crippen LogP contribution in [0.4, 0.5) is 0 Å².